The molecule has 6 heteroatoms. The van der Waals surface area contributed by atoms with E-state index in [1.54, 1.807) is 0 Å². The number of hydrogen-bond acceptors (Lipinski definition) is 4. The second-order valence-corrected chi connectivity index (χ2v) is 5.63. The predicted molar refractivity (Wildman–Crippen MR) is 77.7 cm³/mol. The van der Waals surface area contributed by atoms with Gasteiger partial charge < -0.3 is 15.0 Å². The number of piperazine rings is 1. The number of esters is 1. The van der Waals surface area contributed by atoms with Crippen LogP contribution in [0.3, 0.4) is 0 Å². The third kappa shape index (κ3) is 2.45. The van der Waals surface area contributed by atoms with Crippen molar-refractivity contribution in [1.29, 1.82) is 0 Å². The Morgan fingerprint density at radius 2 is 2.00 bits per heavy atom. The Balaban J connectivity index is 1.82. The van der Waals surface area contributed by atoms with Crippen molar-refractivity contribution in [2.45, 2.75) is 37.4 Å². The van der Waals surface area contributed by atoms with Crippen molar-refractivity contribution in [1.82, 2.24) is 10.2 Å². The van der Waals surface area contributed by atoms with Gasteiger partial charge in [0.1, 0.15) is 18.1 Å². The smallest absolute Gasteiger partial charge is 0.328 e. The van der Waals surface area contributed by atoms with E-state index in [9.17, 15) is 14.4 Å². The van der Waals surface area contributed by atoms with Crippen LogP contribution in [0.4, 0.5) is 0 Å². The first-order valence-corrected chi connectivity index (χ1v) is 7.36. The first kappa shape index (κ1) is 14.6. The molecule has 2 saturated heterocycles. The average Bonchev–Trinajstić information content (AvgIpc) is 2.98. The molecule has 2 heterocycles. The third-order valence-corrected chi connectivity index (χ3v) is 4.31. The Labute approximate surface area is 128 Å². The van der Waals surface area contributed by atoms with Gasteiger partial charge in [0.2, 0.25) is 11.8 Å². The van der Waals surface area contributed by atoms with Crippen LogP contribution in [0.2, 0.25) is 0 Å². The Morgan fingerprint density at radius 3 is 2.68 bits per heavy atom. The minimum atomic E-state index is -0.646. The fraction of sp³-hybridized carbons (Fsp3) is 0.438. The normalized spacial score (nSPS) is 27.3. The molecule has 0 radical (unpaired) electrons. The van der Waals surface area contributed by atoms with Crippen molar-refractivity contribution >= 4 is 17.8 Å². The summed E-state index contributed by atoms with van der Waals surface area (Å²) in [6, 6.07) is 7.67. The van der Waals surface area contributed by atoms with E-state index in [1.807, 2.05) is 30.3 Å². The van der Waals surface area contributed by atoms with Gasteiger partial charge in [-0.2, -0.15) is 0 Å². The Kier molecular flexibility index (Phi) is 3.83. The Morgan fingerprint density at radius 1 is 1.27 bits per heavy atom. The highest BCUT2D eigenvalue weighted by molar-refractivity contribution is 6.00. The maximum atomic E-state index is 12.7. The van der Waals surface area contributed by atoms with Gasteiger partial charge >= 0.3 is 5.97 Å². The molecule has 2 aliphatic rings. The van der Waals surface area contributed by atoms with Gasteiger partial charge in [-0.05, 0) is 18.4 Å². The van der Waals surface area contributed by atoms with Gasteiger partial charge in [-0.3, -0.25) is 9.59 Å². The summed E-state index contributed by atoms with van der Waals surface area (Å²) in [5, 5.41) is 2.78. The van der Waals surface area contributed by atoms with Gasteiger partial charge in [-0.15, -0.1) is 0 Å². The number of benzene rings is 1. The van der Waals surface area contributed by atoms with E-state index in [0.717, 1.165) is 5.56 Å². The van der Waals surface area contributed by atoms with Crippen LogP contribution < -0.4 is 5.32 Å². The molecule has 3 atom stereocenters. The third-order valence-electron chi connectivity index (χ3n) is 4.31. The predicted octanol–water partition coefficient (Wildman–Crippen LogP) is 0.260. The van der Waals surface area contributed by atoms with Crippen LogP contribution >= 0.6 is 0 Å². The first-order chi connectivity index (χ1) is 10.6. The van der Waals surface area contributed by atoms with Gasteiger partial charge in [0.25, 0.3) is 0 Å². The van der Waals surface area contributed by atoms with Crippen molar-refractivity contribution in [3.8, 4) is 0 Å². The number of carbonyl (C=O) groups is 3. The number of methoxy groups -OCH3 is 1. The molecule has 6 nitrogen and oxygen atoms in total. The van der Waals surface area contributed by atoms with Gasteiger partial charge in [-0.1, -0.05) is 30.3 Å². The van der Waals surface area contributed by atoms with Crippen LogP contribution in [0.25, 0.3) is 0 Å². The highest BCUT2D eigenvalue weighted by atomic mass is 16.5. The number of hydrogen-bond donors (Lipinski definition) is 1. The van der Waals surface area contributed by atoms with E-state index in [4.69, 9.17) is 4.74 Å². The summed E-state index contributed by atoms with van der Waals surface area (Å²) in [6.07, 6.45) is 1.38. The molecule has 2 aliphatic heterocycles. The molecular formula is C16H18N2O4. The Hall–Kier alpha value is -2.37. The molecule has 22 heavy (non-hydrogen) atoms. The van der Waals surface area contributed by atoms with Crippen molar-refractivity contribution in [3.05, 3.63) is 35.9 Å². The lowest BCUT2D eigenvalue weighted by atomic mass is 10.0. The lowest BCUT2D eigenvalue weighted by molar-refractivity contribution is -0.157. The summed E-state index contributed by atoms with van der Waals surface area (Å²) in [4.78, 5) is 38.2. The summed E-state index contributed by atoms with van der Waals surface area (Å²) >= 11 is 0. The second-order valence-electron chi connectivity index (χ2n) is 5.63. The van der Waals surface area contributed by atoms with E-state index in [0.29, 0.717) is 19.3 Å². The van der Waals surface area contributed by atoms with E-state index in [1.165, 1.54) is 12.0 Å². The van der Waals surface area contributed by atoms with Crippen LogP contribution in [-0.2, 0) is 25.5 Å². The number of carbonyl (C=O) groups excluding carboxylic acids is 3. The van der Waals surface area contributed by atoms with E-state index >= 15 is 0 Å². The van der Waals surface area contributed by atoms with Crippen molar-refractivity contribution in [3.63, 3.8) is 0 Å². The molecule has 0 spiro atoms. The molecule has 1 aromatic rings. The largest absolute Gasteiger partial charge is 0.467 e. The van der Waals surface area contributed by atoms with E-state index in [2.05, 4.69) is 5.32 Å². The van der Waals surface area contributed by atoms with Crippen LogP contribution in [0.15, 0.2) is 30.3 Å². The van der Waals surface area contributed by atoms with E-state index in [-0.39, 0.29) is 11.8 Å². The van der Waals surface area contributed by atoms with Gasteiger partial charge in [0.05, 0.1) is 7.11 Å². The molecule has 0 aliphatic carbocycles. The zero-order valence-electron chi connectivity index (χ0n) is 12.3. The molecule has 1 N–H and O–H groups in total. The minimum Gasteiger partial charge on any atom is -0.467 e. The SMILES string of the molecule is COC(=O)[C@@H]1CC[C@@H]2C(=O)N[C@@H](Cc3ccccc3)C(=O)N21. The number of amides is 2. The number of ether oxygens (including phenoxy) is 1. The molecular weight excluding hydrogens is 284 g/mol. The topological polar surface area (TPSA) is 75.7 Å². The zero-order chi connectivity index (χ0) is 15.7. The van der Waals surface area contributed by atoms with Crippen LogP contribution in [0.5, 0.6) is 0 Å². The summed E-state index contributed by atoms with van der Waals surface area (Å²) < 4.78 is 4.76. The maximum Gasteiger partial charge on any atom is 0.328 e. The monoisotopic (exact) mass is 302 g/mol. The molecule has 2 amide bonds. The minimum absolute atomic E-state index is 0.188. The highest BCUT2D eigenvalue weighted by Gasteiger charge is 2.50. The standard InChI is InChI=1S/C16H18N2O4/c1-22-16(21)13-8-7-12-14(19)17-11(15(20)18(12)13)9-10-5-3-2-4-6-10/h2-6,11-13H,7-9H2,1H3,(H,17,19)/t11-,12+,13-/m0/s1. The average molecular weight is 302 g/mol. The van der Waals surface area contributed by atoms with Gasteiger partial charge in [0, 0.05) is 6.42 Å². The molecule has 0 aromatic heterocycles. The summed E-state index contributed by atoms with van der Waals surface area (Å²) in [5.41, 5.74) is 0.966. The highest BCUT2D eigenvalue weighted by Crippen LogP contribution is 2.29. The molecule has 2 fully saturated rings. The maximum absolute atomic E-state index is 12.7. The quantitative estimate of drug-likeness (QED) is 0.813. The number of rotatable bonds is 3. The first-order valence-electron chi connectivity index (χ1n) is 7.36. The zero-order valence-corrected chi connectivity index (χ0v) is 12.3. The van der Waals surface area contributed by atoms with Crippen molar-refractivity contribution in [2.75, 3.05) is 7.11 Å². The van der Waals surface area contributed by atoms with Crippen molar-refractivity contribution in [2.24, 2.45) is 0 Å². The Bertz CT molecular complexity index is 601. The summed E-state index contributed by atoms with van der Waals surface area (Å²) in [5.74, 6) is -0.850. The molecule has 1 aromatic carbocycles. The van der Waals surface area contributed by atoms with Gasteiger partial charge in [0.15, 0.2) is 0 Å². The van der Waals surface area contributed by atoms with Crippen LogP contribution in [-0.4, -0.2) is 47.9 Å². The second kappa shape index (κ2) is 5.79. The number of nitrogens with one attached hydrogen (secondary N) is 1. The fourth-order valence-corrected chi connectivity index (χ4v) is 3.24. The number of fused-ring (bicyclic) bond motifs is 1. The fourth-order valence-electron chi connectivity index (χ4n) is 3.24. The molecule has 0 unspecified atom stereocenters. The lowest BCUT2D eigenvalue weighted by Gasteiger charge is -2.37. The molecule has 116 valence electrons. The van der Waals surface area contributed by atoms with Crippen LogP contribution in [0, 0.1) is 0 Å². The van der Waals surface area contributed by atoms with Crippen LogP contribution in [0.1, 0.15) is 18.4 Å². The lowest BCUT2D eigenvalue weighted by Crippen LogP contribution is -2.64. The van der Waals surface area contributed by atoms with E-state index < -0.39 is 24.1 Å². The molecule has 0 bridgehead atoms. The summed E-state index contributed by atoms with van der Waals surface area (Å²) in [6.45, 7) is 0. The molecule has 0 saturated carbocycles. The van der Waals surface area contributed by atoms with Crippen molar-refractivity contribution < 1.29 is 19.1 Å². The van der Waals surface area contributed by atoms with Gasteiger partial charge in [-0.25, -0.2) is 4.79 Å². The summed E-state index contributed by atoms with van der Waals surface area (Å²) in [7, 11) is 1.30. The number of nitrogens with zero attached hydrogens (tertiary/aromatic N) is 1. The molecule has 3 rings (SSSR count).